The number of benzene rings is 3. The lowest BCUT2D eigenvalue weighted by atomic mass is 10.1. The fourth-order valence-corrected chi connectivity index (χ4v) is 4.00. The van der Waals surface area contributed by atoms with Gasteiger partial charge in [0.25, 0.3) is 5.91 Å². The Bertz CT molecular complexity index is 1050. The Balaban J connectivity index is 1.40. The van der Waals surface area contributed by atoms with Gasteiger partial charge in [-0.3, -0.25) is 4.79 Å². The summed E-state index contributed by atoms with van der Waals surface area (Å²) in [5, 5.41) is 4.03. The third kappa shape index (κ3) is 4.27. The lowest BCUT2D eigenvalue weighted by molar-refractivity contribution is 0.102. The van der Waals surface area contributed by atoms with Crippen LogP contribution in [0, 0.1) is 0 Å². The Morgan fingerprint density at radius 3 is 2.39 bits per heavy atom. The van der Waals surface area contributed by atoms with Gasteiger partial charge in [-0.2, -0.15) is 0 Å². The van der Waals surface area contributed by atoms with Gasteiger partial charge in [0.2, 0.25) is 0 Å². The van der Waals surface area contributed by atoms with Gasteiger partial charge in [-0.1, -0.05) is 36.4 Å². The van der Waals surface area contributed by atoms with Crippen molar-refractivity contribution in [3.63, 3.8) is 0 Å². The number of hydrogen-bond donors (Lipinski definition) is 1. The number of aromatic nitrogens is 1. The van der Waals surface area contributed by atoms with Crippen LogP contribution in [0.2, 0.25) is 0 Å². The fourth-order valence-electron chi connectivity index (χ4n) is 3.00. The lowest BCUT2D eigenvalue weighted by Crippen LogP contribution is -2.11. The topological polar surface area (TPSA) is 51.2 Å². The highest BCUT2D eigenvalue weighted by Gasteiger charge is 2.08. The van der Waals surface area contributed by atoms with E-state index in [2.05, 4.69) is 16.4 Å². The van der Waals surface area contributed by atoms with E-state index < -0.39 is 0 Å². The third-order valence-electron chi connectivity index (χ3n) is 4.43. The highest BCUT2D eigenvalue weighted by atomic mass is 32.1. The van der Waals surface area contributed by atoms with Crippen LogP contribution in [-0.4, -0.2) is 18.0 Å². The van der Waals surface area contributed by atoms with Gasteiger partial charge in [0.15, 0.2) is 0 Å². The molecule has 0 aliphatic heterocycles. The Kier molecular flexibility index (Phi) is 5.46. The summed E-state index contributed by atoms with van der Waals surface area (Å²) in [4.78, 5) is 17.1. The Hall–Kier alpha value is -3.02. The second-order valence-electron chi connectivity index (χ2n) is 6.53. The number of fused-ring (bicyclic) bond motifs is 1. The largest absolute Gasteiger partial charge is 0.380 e. The average molecular weight is 388 g/mol. The van der Waals surface area contributed by atoms with E-state index in [9.17, 15) is 4.79 Å². The zero-order valence-electron chi connectivity index (χ0n) is 15.5. The molecule has 4 nitrogen and oxygen atoms in total. The molecule has 0 bridgehead atoms. The summed E-state index contributed by atoms with van der Waals surface area (Å²) < 4.78 is 6.30. The highest BCUT2D eigenvalue weighted by Crippen LogP contribution is 2.24. The molecule has 0 saturated heterocycles. The molecule has 5 heteroatoms. The molecule has 1 heterocycles. The van der Waals surface area contributed by atoms with Gasteiger partial charge in [-0.15, -0.1) is 11.3 Å². The van der Waals surface area contributed by atoms with Crippen molar-refractivity contribution in [2.45, 2.75) is 13.0 Å². The fraction of sp³-hybridized carbons (Fsp3) is 0.130. The van der Waals surface area contributed by atoms with Crippen molar-refractivity contribution in [1.82, 2.24) is 4.98 Å². The normalized spacial score (nSPS) is 10.9. The van der Waals surface area contributed by atoms with E-state index in [0.717, 1.165) is 28.2 Å². The van der Waals surface area contributed by atoms with Crippen LogP contribution in [-0.2, 0) is 17.8 Å². The van der Waals surface area contributed by atoms with Crippen LogP contribution in [0.5, 0.6) is 0 Å². The van der Waals surface area contributed by atoms with Gasteiger partial charge in [-0.05, 0) is 47.5 Å². The molecule has 1 amide bonds. The third-order valence-corrected chi connectivity index (χ3v) is 5.47. The molecule has 0 aliphatic carbocycles. The van der Waals surface area contributed by atoms with Crippen molar-refractivity contribution in [3.05, 3.63) is 94.5 Å². The standard InChI is InChI=1S/C23H20N2O2S/c1-27-15-17-6-10-18(11-7-17)23(26)24-19-12-8-16(9-13-19)14-22-25-20-4-2-3-5-21(20)28-22/h2-13H,14-15H2,1H3,(H,24,26). The number of amides is 1. The number of para-hydroxylation sites is 1. The van der Waals surface area contributed by atoms with Crippen molar-refractivity contribution in [1.29, 1.82) is 0 Å². The lowest BCUT2D eigenvalue weighted by Gasteiger charge is -2.07. The van der Waals surface area contributed by atoms with E-state index in [-0.39, 0.29) is 5.91 Å². The summed E-state index contributed by atoms with van der Waals surface area (Å²) in [7, 11) is 1.65. The van der Waals surface area contributed by atoms with Crippen LogP contribution >= 0.6 is 11.3 Å². The van der Waals surface area contributed by atoms with Crippen molar-refractivity contribution in [2.75, 3.05) is 12.4 Å². The van der Waals surface area contributed by atoms with E-state index in [1.54, 1.807) is 18.4 Å². The second-order valence-corrected chi connectivity index (χ2v) is 7.65. The van der Waals surface area contributed by atoms with Crippen molar-refractivity contribution >= 4 is 33.1 Å². The molecule has 4 aromatic rings. The molecule has 0 spiro atoms. The van der Waals surface area contributed by atoms with E-state index >= 15 is 0 Å². The molecule has 0 saturated carbocycles. The highest BCUT2D eigenvalue weighted by molar-refractivity contribution is 7.18. The number of carbonyl (C=O) groups is 1. The molecule has 0 radical (unpaired) electrons. The summed E-state index contributed by atoms with van der Waals surface area (Å²) in [5.41, 5.74) is 4.65. The van der Waals surface area contributed by atoms with Gasteiger partial charge in [0.05, 0.1) is 21.8 Å². The predicted molar refractivity (Wildman–Crippen MR) is 114 cm³/mol. The monoisotopic (exact) mass is 388 g/mol. The molecule has 4 rings (SSSR count). The van der Waals surface area contributed by atoms with Gasteiger partial charge < -0.3 is 10.1 Å². The molecular formula is C23H20N2O2S. The van der Waals surface area contributed by atoms with E-state index in [4.69, 9.17) is 4.74 Å². The van der Waals surface area contributed by atoms with E-state index in [1.165, 1.54) is 10.3 Å². The molecule has 0 fully saturated rings. The van der Waals surface area contributed by atoms with Crippen LogP contribution in [0.15, 0.2) is 72.8 Å². The molecule has 1 aromatic heterocycles. The van der Waals surface area contributed by atoms with Gasteiger partial charge in [0, 0.05) is 24.8 Å². The smallest absolute Gasteiger partial charge is 0.255 e. The molecule has 140 valence electrons. The zero-order chi connectivity index (χ0) is 19.3. The van der Waals surface area contributed by atoms with Crippen molar-refractivity contribution < 1.29 is 9.53 Å². The summed E-state index contributed by atoms with van der Waals surface area (Å²) >= 11 is 1.72. The molecule has 0 atom stereocenters. The van der Waals surface area contributed by atoms with Gasteiger partial charge in [-0.25, -0.2) is 4.98 Å². The second kappa shape index (κ2) is 8.33. The maximum Gasteiger partial charge on any atom is 0.255 e. The molecule has 0 aliphatic rings. The summed E-state index contributed by atoms with van der Waals surface area (Å²) in [6.07, 6.45) is 0.786. The summed E-state index contributed by atoms with van der Waals surface area (Å²) in [6.45, 7) is 0.540. The first-order chi connectivity index (χ1) is 13.7. The number of anilines is 1. The van der Waals surface area contributed by atoms with Crippen LogP contribution in [0.1, 0.15) is 26.5 Å². The molecular weight excluding hydrogens is 368 g/mol. The van der Waals surface area contributed by atoms with Gasteiger partial charge in [0.1, 0.15) is 0 Å². The molecule has 1 N–H and O–H groups in total. The number of thiazole rings is 1. The minimum atomic E-state index is -0.122. The first-order valence-electron chi connectivity index (χ1n) is 9.04. The zero-order valence-corrected chi connectivity index (χ0v) is 16.3. The SMILES string of the molecule is COCc1ccc(C(=O)Nc2ccc(Cc3nc4ccccc4s3)cc2)cc1. The number of hydrogen-bond acceptors (Lipinski definition) is 4. The minimum absolute atomic E-state index is 0.122. The first-order valence-corrected chi connectivity index (χ1v) is 9.85. The van der Waals surface area contributed by atoms with Crippen LogP contribution < -0.4 is 5.32 Å². The maximum absolute atomic E-state index is 12.4. The van der Waals surface area contributed by atoms with Crippen molar-refractivity contribution in [3.8, 4) is 0 Å². The average Bonchev–Trinajstić information content (AvgIpc) is 3.12. The van der Waals surface area contributed by atoms with Crippen molar-refractivity contribution in [2.24, 2.45) is 0 Å². The Morgan fingerprint density at radius 1 is 0.964 bits per heavy atom. The molecule has 3 aromatic carbocycles. The first kappa shape index (κ1) is 18.3. The Morgan fingerprint density at radius 2 is 1.68 bits per heavy atom. The Labute approximate surface area is 167 Å². The van der Waals surface area contributed by atoms with E-state index in [0.29, 0.717) is 12.2 Å². The molecule has 0 unspecified atom stereocenters. The number of nitrogens with zero attached hydrogens (tertiary/aromatic N) is 1. The molecule has 28 heavy (non-hydrogen) atoms. The predicted octanol–water partition coefficient (Wildman–Crippen LogP) is 5.29. The number of nitrogens with one attached hydrogen (secondary N) is 1. The van der Waals surface area contributed by atoms with Crippen LogP contribution in [0.3, 0.4) is 0 Å². The number of carbonyl (C=O) groups excluding carboxylic acids is 1. The number of rotatable bonds is 6. The van der Waals surface area contributed by atoms with Crippen LogP contribution in [0.25, 0.3) is 10.2 Å². The van der Waals surface area contributed by atoms with Crippen LogP contribution in [0.4, 0.5) is 5.69 Å². The minimum Gasteiger partial charge on any atom is -0.380 e. The maximum atomic E-state index is 12.4. The number of methoxy groups -OCH3 is 1. The number of ether oxygens (including phenoxy) is 1. The summed E-state index contributed by atoms with van der Waals surface area (Å²) in [5.74, 6) is -0.122. The van der Waals surface area contributed by atoms with Gasteiger partial charge >= 0.3 is 0 Å². The summed E-state index contributed by atoms with van der Waals surface area (Å²) in [6, 6.07) is 23.5. The quantitative estimate of drug-likeness (QED) is 0.488. The van der Waals surface area contributed by atoms with E-state index in [1.807, 2.05) is 66.7 Å².